The lowest BCUT2D eigenvalue weighted by Gasteiger charge is -2.51. The number of ether oxygens (including phenoxy) is 2. The monoisotopic (exact) mass is 427 g/mol. The van der Waals surface area contributed by atoms with E-state index in [4.69, 9.17) is 59.2 Å². The maximum atomic E-state index is 5.62. The van der Waals surface area contributed by atoms with Crippen LogP contribution >= 0.6 is 24.4 Å². The van der Waals surface area contributed by atoms with Crippen molar-refractivity contribution in [1.82, 2.24) is 5.53 Å². The van der Waals surface area contributed by atoms with Crippen LogP contribution in [0.4, 0.5) is 0 Å². The number of hydrogen-bond donors (Lipinski definition) is 1. The number of quaternary nitrogens is 2. The summed E-state index contributed by atoms with van der Waals surface area (Å²) in [6.45, 7) is 14.5. The van der Waals surface area contributed by atoms with Crippen molar-refractivity contribution in [3.05, 3.63) is 0 Å². The number of methoxy groups -OCH3 is 2. The topological polar surface area (TPSA) is 30.5 Å². The minimum absolute atomic E-state index is 0.204. The van der Waals surface area contributed by atoms with E-state index in [1.165, 1.54) is 0 Å². The summed E-state index contributed by atoms with van der Waals surface area (Å²) in [6.07, 6.45) is 0. The second-order valence-corrected chi connectivity index (χ2v) is 9.51. The number of nitrogens with one attached hydrogen (secondary N) is 1. The summed E-state index contributed by atoms with van der Waals surface area (Å²) in [6, 6.07) is 0. The SMILES string of the molecule is CC[N+](CC(C)(C)OC)(N[N+](CC)(CC(C)(C)OC)C(=S)[S-])C(=S)[S-]. The first kappa shape index (κ1) is 25.4. The van der Waals surface area contributed by atoms with Gasteiger partial charge in [0.25, 0.3) is 0 Å². The number of hydrogen-bond acceptors (Lipinski definition) is 7. The van der Waals surface area contributed by atoms with Crippen LogP contribution in [0.15, 0.2) is 0 Å². The van der Waals surface area contributed by atoms with E-state index in [9.17, 15) is 0 Å². The van der Waals surface area contributed by atoms with Crippen LogP contribution < -0.4 is 5.53 Å². The minimum atomic E-state index is -0.421. The van der Waals surface area contributed by atoms with Gasteiger partial charge < -0.3 is 59.2 Å². The molecular formula is C16H33N3O2S4. The van der Waals surface area contributed by atoms with Crippen LogP contribution in [0.5, 0.6) is 0 Å². The molecule has 0 aliphatic heterocycles. The Kier molecular flexibility index (Phi) is 9.73. The van der Waals surface area contributed by atoms with Gasteiger partial charge in [0.1, 0.15) is 37.4 Å². The van der Waals surface area contributed by atoms with Crippen molar-refractivity contribution >= 4 is 58.3 Å². The highest BCUT2D eigenvalue weighted by Crippen LogP contribution is 2.23. The average molecular weight is 428 g/mol. The summed E-state index contributed by atoms with van der Waals surface area (Å²) in [4.78, 5) is 0. The summed E-state index contributed by atoms with van der Waals surface area (Å²) in [7, 11) is 3.37. The van der Waals surface area contributed by atoms with E-state index in [0.717, 1.165) is 0 Å². The van der Waals surface area contributed by atoms with Crippen molar-refractivity contribution < 1.29 is 18.7 Å². The largest absolute Gasteiger partial charge is 0.373 e. The van der Waals surface area contributed by atoms with Gasteiger partial charge in [-0.3, -0.25) is 0 Å². The molecule has 0 aromatic heterocycles. The fourth-order valence-corrected chi connectivity index (χ4v) is 3.64. The molecule has 9 heteroatoms. The molecule has 0 saturated carbocycles. The summed E-state index contributed by atoms with van der Waals surface area (Å²) in [5.41, 5.74) is 2.74. The molecule has 0 saturated heterocycles. The van der Waals surface area contributed by atoms with Crippen LogP contribution in [-0.4, -0.2) is 69.4 Å². The molecule has 25 heavy (non-hydrogen) atoms. The molecular weight excluding hydrogens is 394 g/mol. The van der Waals surface area contributed by atoms with Gasteiger partial charge in [0.05, 0.1) is 8.64 Å². The summed E-state index contributed by atoms with van der Waals surface area (Å²) in [5, 5.41) is 0. The molecule has 2 atom stereocenters. The lowest BCUT2D eigenvalue weighted by molar-refractivity contribution is -1.09. The molecule has 0 bridgehead atoms. The van der Waals surface area contributed by atoms with Crippen LogP contribution in [0, 0.1) is 0 Å². The van der Waals surface area contributed by atoms with Crippen molar-refractivity contribution in [3.8, 4) is 0 Å². The predicted molar refractivity (Wildman–Crippen MR) is 117 cm³/mol. The Labute approximate surface area is 175 Å². The highest BCUT2D eigenvalue weighted by molar-refractivity contribution is 8.00. The molecule has 0 fully saturated rings. The van der Waals surface area contributed by atoms with Crippen LogP contribution in [-0.2, 0) is 34.7 Å². The number of rotatable bonds is 10. The Balaban J connectivity index is 6.08. The molecule has 0 rings (SSSR count). The Morgan fingerprint density at radius 2 is 1.12 bits per heavy atom. The zero-order valence-electron chi connectivity index (χ0n) is 16.7. The molecule has 148 valence electrons. The van der Waals surface area contributed by atoms with E-state index >= 15 is 0 Å². The van der Waals surface area contributed by atoms with Gasteiger partial charge in [0.15, 0.2) is 0 Å². The molecule has 0 aromatic rings. The highest BCUT2D eigenvalue weighted by atomic mass is 32.1. The van der Waals surface area contributed by atoms with E-state index in [-0.39, 0.29) is 9.18 Å². The first-order chi connectivity index (χ1) is 11.3. The Bertz CT molecular complexity index is 446. The minimum Gasteiger partial charge on any atom is -0.373 e. The van der Waals surface area contributed by atoms with Crippen LogP contribution in [0.3, 0.4) is 0 Å². The Hall–Kier alpha value is 0.420. The van der Waals surface area contributed by atoms with Crippen molar-refractivity contribution in [3.63, 3.8) is 0 Å². The maximum Gasteiger partial charge on any atom is 0.133 e. The molecule has 0 aliphatic carbocycles. The van der Waals surface area contributed by atoms with Gasteiger partial charge in [-0.15, -0.1) is 0 Å². The molecule has 0 radical (unpaired) electrons. The molecule has 1 N–H and O–H groups in total. The van der Waals surface area contributed by atoms with Gasteiger partial charge in [-0.1, -0.05) is 0 Å². The van der Waals surface area contributed by atoms with Crippen LogP contribution in [0.2, 0.25) is 0 Å². The fourth-order valence-electron chi connectivity index (χ4n) is 2.70. The van der Waals surface area contributed by atoms with E-state index in [1.807, 2.05) is 41.5 Å². The summed E-state index contributed by atoms with van der Waals surface area (Å²) >= 11 is 21.9. The molecule has 0 amide bonds. The second kappa shape index (κ2) is 9.57. The standard InChI is InChI=1S/C16H33N3O2S4/c1-9-18(13(22)23,11-15(3,4)20-7)17-19(10-2,14(24)25)12-16(5,6)21-8/h17H,9-12H2,1-8H3. The smallest absolute Gasteiger partial charge is 0.133 e. The predicted octanol–water partition coefficient (Wildman–Crippen LogP) is 2.59. The number of likely N-dealkylation sites (N-methyl/N-ethyl adjacent to an activating group) is 2. The third-order valence-electron chi connectivity index (χ3n) is 4.57. The van der Waals surface area contributed by atoms with Gasteiger partial charge in [-0.25, -0.2) is 0 Å². The van der Waals surface area contributed by atoms with Gasteiger partial charge in [0.2, 0.25) is 0 Å². The van der Waals surface area contributed by atoms with Crippen molar-refractivity contribution in [2.24, 2.45) is 0 Å². The number of thiocarbonyl (C=S) groups is 2. The molecule has 0 heterocycles. The van der Waals surface area contributed by atoms with Gasteiger partial charge in [0, 0.05) is 14.2 Å². The van der Waals surface area contributed by atoms with Crippen LogP contribution in [0.25, 0.3) is 0 Å². The summed E-state index contributed by atoms with van der Waals surface area (Å²) < 4.78 is 12.5. The second-order valence-electron chi connectivity index (χ2n) is 7.44. The molecule has 0 aromatic carbocycles. The highest BCUT2D eigenvalue weighted by Gasteiger charge is 2.45. The quantitative estimate of drug-likeness (QED) is 0.248. The van der Waals surface area contributed by atoms with Gasteiger partial charge in [-0.2, -0.15) is 9.18 Å². The van der Waals surface area contributed by atoms with E-state index in [0.29, 0.717) is 34.8 Å². The van der Waals surface area contributed by atoms with E-state index < -0.39 is 11.2 Å². The van der Waals surface area contributed by atoms with Crippen molar-refractivity contribution in [2.45, 2.75) is 52.7 Å². The van der Waals surface area contributed by atoms with Crippen LogP contribution in [0.1, 0.15) is 41.5 Å². The maximum absolute atomic E-state index is 5.62. The summed E-state index contributed by atoms with van der Waals surface area (Å²) in [5.74, 6) is 0. The average Bonchev–Trinajstić information content (AvgIpc) is 2.52. The van der Waals surface area contributed by atoms with Gasteiger partial charge >= 0.3 is 0 Å². The first-order valence-corrected chi connectivity index (χ1v) is 9.95. The fraction of sp³-hybridized carbons (Fsp3) is 0.875. The van der Waals surface area contributed by atoms with E-state index in [1.54, 1.807) is 14.2 Å². The molecule has 2 unspecified atom stereocenters. The van der Waals surface area contributed by atoms with Crippen molar-refractivity contribution in [2.75, 3.05) is 40.4 Å². The zero-order valence-corrected chi connectivity index (χ0v) is 19.9. The third kappa shape index (κ3) is 6.82. The molecule has 0 spiro atoms. The van der Waals surface area contributed by atoms with Crippen molar-refractivity contribution in [1.29, 1.82) is 0 Å². The molecule has 5 nitrogen and oxygen atoms in total. The Morgan fingerprint density at radius 3 is 1.28 bits per heavy atom. The molecule has 0 aliphatic rings. The third-order valence-corrected chi connectivity index (χ3v) is 5.97. The normalized spacial score (nSPS) is 17.6. The van der Waals surface area contributed by atoms with E-state index in [2.05, 4.69) is 5.53 Å². The lowest BCUT2D eigenvalue weighted by Crippen LogP contribution is -2.78. The zero-order chi connectivity index (χ0) is 20.1. The Morgan fingerprint density at radius 1 is 0.840 bits per heavy atom. The lowest BCUT2D eigenvalue weighted by atomic mass is 10.1. The van der Waals surface area contributed by atoms with Gasteiger partial charge in [-0.05, 0) is 47.1 Å². The number of nitrogens with zero attached hydrogens (tertiary/aromatic N) is 2. The first-order valence-electron chi connectivity index (χ1n) is 8.32.